The van der Waals surface area contributed by atoms with Crippen LogP contribution in [0.5, 0.6) is 0 Å². The first-order valence-corrected chi connectivity index (χ1v) is 9.16. The van der Waals surface area contributed by atoms with Gasteiger partial charge < -0.3 is 0 Å². The summed E-state index contributed by atoms with van der Waals surface area (Å²) < 4.78 is 0. The Morgan fingerprint density at radius 3 is 2.33 bits per heavy atom. The average molecular weight is 289 g/mol. The Morgan fingerprint density at radius 1 is 1.05 bits per heavy atom. The van der Waals surface area contributed by atoms with Crippen molar-refractivity contribution in [2.45, 2.75) is 79.1 Å². The van der Waals surface area contributed by atoms with Crippen LogP contribution < -0.4 is 0 Å². The second kappa shape index (κ2) is 10.9. The van der Waals surface area contributed by atoms with Gasteiger partial charge in [0.25, 0.3) is 0 Å². The molecule has 0 amide bonds. The third kappa shape index (κ3) is 7.16. The first-order chi connectivity index (χ1) is 10.2. The zero-order valence-electron chi connectivity index (χ0n) is 14.8. The molecule has 0 aliphatic heterocycles. The summed E-state index contributed by atoms with van der Waals surface area (Å²) >= 11 is 0. The van der Waals surface area contributed by atoms with Crippen molar-refractivity contribution in [2.24, 2.45) is 17.8 Å². The van der Waals surface area contributed by atoms with E-state index in [1.54, 1.807) is 0 Å². The van der Waals surface area contributed by atoms with E-state index in [9.17, 15) is 0 Å². The van der Waals surface area contributed by atoms with Crippen LogP contribution in [0.25, 0.3) is 0 Å². The first kappa shape index (κ1) is 18.3. The van der Waals surface area contributed by atoms with Crippen LogP contribution in [0, 0.1) is 17.8 Å². The standard InChI is InChI=1S/C21H36/c1-5-8-11-20(10-7-3)21-16-14-19(15-17-21)13-12-18(4)9-6-2/h5,7-8,10-11,18-19,21H,6,9,12-17H2,1-4H3/b8-5-,10-7-,20-11+. The Balaban J connectivity index is 2.40. The molecule has 21 heavy (non-hydrogen) atoms. The molecule has 1 aliphatic rings. The van der Waals surface area contributed by atoms with Crippen LogP contribution in [0.3, 0.4) is 0 Å². The minimum atomic E-state index is 0.793. The van der Waals surface area contributed by atoms with Gasteiger partial charge in [-0.2, -0.15) is 0 Å². The highest BCUT2D eigenvalue weighted by atomic mass is 14.3. The summed E-state index contributed by atoms with van der Waals surface area (Å²) in [5.41, 5.74) is 1.54. The van der Waals surface area contributed by atoms with Gasteiger partial charge in [0, 0.05) is 0 Å². The summed E-state index contributed by atoms with van der Waals surface area (Å²) in [6, 6.07) is 0. The number of rotatable bonds is 8. The number of allylic oxidation sites excluding steroid dienone is 6. The lowest BCUT2D eigenvalue weighted by molar-refractivity contribution is 0.271. The Kier molecular flexibility index (Phi) is 9.46. The third-order valence-electron chi connectivity index (χ3n) is 5.01. The maximum atomic E-state index is 2.43. The van der Waals surface area contributed by atoms with Crippen molar-refractivity contribution in [3.8, 4) is 0 Å². The fraction of sp³-hybridized carbons (Fsp3) is 0.714. The molecule has 0 nitrogen and oxygen atoms in total. The smallest absolute Gasteiger partial charge is 0.0162 e. The largest absolute Gasteiger partial charge is 0.0877 e. The fourth-order valence-electron chi connectivity index (χ4n) is 3.67. The van der Waals surface area contributed by atoms with Crippen molar-refractivity contribution in [2.75, 3.05) is 0 Å². The summed E-state index contributed by atoms with van der Waals surface area (Å²) in [6.07, 6.45) is 22.5. The van der Waals surface area contributed by atoms with Gasteiger partial charge in [-0.05, 0) is 62.9 Å². The minimum absolute atomic E-state index is 0.793. The average Bonchev–Trinajstić information content (AvgIpc) is 2.50. The summed E-state index contributed by atoms with van der Waals surface area (Å²) in [5, 5.41) is 0. The lowest BCUT2D eigenvalue weighted by atomic mass is 9.76. The quantitative estimate of drug-likeness (QED) is 0.418. The second-order valence-electron chi connectivity index (χ2n) is 6.88. The van der Waals surface area contributed by atoms with Crippen molar-refractivity contribution in [1.29, 1.82) is 0 Å². The summed E-state index contributed by atoms with van der Waals surface area (Å²) in [5.74, 6) is 2.72. The van der Waals surface area contributed by atoms with Crippen molar-refractivity contribution in [3.05, 3.63) is 36.0 Å². The molecule has 0 aromatic carbocycles. The highest BCUT2D eigenvalue weighted by molar-refractivity contribution is 5.26. The van der Waals surface area contributed by atoms with Crippen molar-refractivity contribution in [3.63, 3.8) is 0 Å². The normalized spacial score (nSPS) is 25.8. The maximum absolute atomic E-state index is 2.43. The Labute approximate surface area is 133 Å². The van der Waals surface area contributed by atoms with Gasteiger partial charge in [0.1, 0.15) is 0 Å². The van der Waals surface area contributed by atoms with Crippen LogP contribution in [0.4, 0.5) is 0 Å². The van der Waals surface area contributed by atoms with Gasteiger partial charge in [-0.3, -0.25) is 0 Å². The van der Waals surface area contributed by atoms with E-state index in [1.165, 1.54) is 56.9 Å². The topological polar surface area (TPSA) is 0 Å². The van der Waals surface area contributed by atoms with Crippen LogP contribution >= 0.6 is 0 Å². The van der Waals surface area contributed by atoms with Crippen LogP contribution in [-0.4, -0.2) is 0 Å². The molecule has 1 saturated carbocycles. The predicted octanol–water partition coefficient (Wildman–Crippen LogP) is 7.09. The summed E-state index contributed by atoms with van der Waals surface area (Å²) in [7, 11) is 0. The lowest BCUT2D eigenvalue weighted by Crippen LogP contribution is -2.16. The van der Waals surface area contributed by atoms with Crippen molar-refractivity contribution in [1.82, 2.24) is 0 Å². The minimum Gasteiger partial charge on any atom is -0.0877 e. The molecule has 0 saturated heterocycles. The summed E-state index contributed by atoms with van der Waals surface area (Å²) in [4.78, 5) is 0. The van der Waals surface area contributed by atoms with E-state index >= 15 is 0 Å². The van der Waals surface area contributed by atoms with E-state index in [0.29, 0.717) is 0 Å². The molecular weight excluding hydrogens is 252 g/mol. The molecule has 0 aromatic rings. The molecule has 0 spiro atoms. The van der Waals surface area contributed by atoms with Gasteiger partial charge >= 0.3 is 0 Å². The van der Waals surface area contributed by atoms with Gasteiger partial charge in [-0.15, -0.1) is 0 Å². The van der Waals surface area contributed by atoms with E-state index in [1.807, 2.05) is 0 Å². The molecule has 1 rings (SSSR count). The van der Waals surface area contributed by atoms with Crippen LogP contribution in [-0.2, 0) is 0 Å². The van der Waals surface area contributed by atoms with Crippen LogP contribution in [0.15, 0.2) is 36.0 Å². The first-order valence-electron chi connectivity index (χ1n) is 9.16. The molecule has 0 N–H and O–H groups in total. The van der Waals surface area contributed by atoms with Crippen molar-refractivity contribution >= 4 is 0 Å². The van der Waals surface area contributed by atoms with E-state index in [4.69, 9.17) is 0 Å². The SMILES string of the molecule is C\C=C/C=C(\C=C/C)C1CCC(CCC(C)CCC)CC1. The molecular formula is C21H36. The van der Waals surface area contributed by atoms with Gasteiger partial charge in [0.2, 0.25) is 0 Å². The monoisotopic (exact) mass is 288 g/mol. The van der Waals surface area contributed by atoms with E-state index in [-0.39, 0.29) is 0 Å². The molecule has 1 atom stereocenters. The third-order valence-corrected chi connectivity index (χ3v) is 5.01. The molecule has 0 radical (unpaired) electrons. The van der Waals surface area contributed by atoms with Crippen LogP contribution in [0.1, 0.15) is 79.1 Å². The van der Waals surface area contributed by atoms with Gasteiger partial charge in [0.05, 0.1) is 0 Å². The van der Waals surface area contributed by atoms with E-state index in [2.05, 4.69) is 58.1 Å². The van der Waals surface area contributed by atoms with E-state index in [0.717, 1.165) is 17.8 Å². The molecule has 1 unspecified atom stereocenters. The molecule has 120 valence electrons. The highest BCUT2D eigenvalue weighted by Crippen LogP contribution is 2.36. The molecule has 0 heterocycles. The molecule has 1 fully saturated rings. The molecule has 0 heteroatoms. The predicted molar refractivity (Wildman–Crippen MR) is 96.5 cm³/mol. The number of hydrogen-bond donors (Lipinski definition) is 0. The highest BCUT2D eigenvalue weighted by Gasteiger charge is 2.22. The molecule has 0 bridgehead atoms. The Morgan fingerprint density at radius 2 is 1.76 bits per heavy atom. The molecule has 1 aliphatic carbocycles. The Hall–Kier alpha value is -0.780. The lowest BCUT2D eigenvalue weighted by Gasteiger charge is -2.30. The second-order valence-corrected chi connectivity index (χ2v) is 6.88. The van der Waals surface area contributed by atoms with Gasteiger partial charge in [0.15, 0.2) is 0 Å². The molecule has 0 aromatic heterocycles. The zero-order chi connectivity index (χ0) is 15.5. The van der Waals surface area contributed by atoms with Gasteiger partial charge in [-0.25, -0.2) is 0 Å². The van der Waals surface area contributed by atoms with Gasteiger partial charge in [-0.1, -0.05) is 69.9 Å². The summed E-state index contributed by atoms with van der Waals surface area (Å²) in [6.45, 7) is 8.96. The van der Waals surface area contributed by atoms with Crippen LogP contribution in [0.2, 0.25) is 0 Å². The zero-order valence-corrected chi connectivity index (χ0v) is 14.8. The Bertz CT molecular complexity index is 337. The fourth-order valence-corrected chi connectivity index (χ4v) is 3.67. The number of hydrogen-bond acceptors (Lipinski definition) is 0. The maximum Gasteiger partial charge on any atom is -0.0162 e. The van der Waals surface area contributed by atoms with E-state index < -0.39 is 0 Å². The van der Waals surface area contributed by atoms with Crippen molar-refractivity contribution < 1.29 is 0 Å².